The van der Waals surface area contributed by atoms with Crippen LogP contribution in [0.3, 0.4) is 0 Å². The van der Waals surface area contributed by atoms with Gasteiger partial charge in [-0.25, -0.2) is 0 Å². The van der Waals surface area contributed by atoms with Crippen LogP contribution in [0.15, 0.2) is 243 Å². The molecular weight excluding hydrogens is 960 g/mol. The van der Waals surface area contributed by atoms with Gasteiger partial charge >= 0.3 is 368 Å². The molecule has 8 rings (SSSR count). The molecule has 0 spiro atoms. The molecular formula is C50H42Cl2NiP4Pd. The zero-order chi connectivity index (χ0) is 39.1. The Hall–Kier alpha value is -2.78. The van der Waals surface area contributed by atoms with Gasteiger partial charge in [-0.15, -0.1) is 0 Å². The first-order chi connectivity index (χ1) is 28.3. The molecule has 0 amide bonds. The Balaban J connectivity index is 0.00000186. The molecule has 0 aromatic heterocycles. The fourth-order valence-electron chi connectivity index (χ4n) is 6.72. The number of rotatable bonds is 14. The summed E-state index contributed by atoms with van der Waals surface area (Å²) in [4.78, 5) is 0. The van der Waals surface area contributed by atoms with E-state index in [0.29, 0.717) is 0 Å². The summed E-state index contributed by atoms with van der Waals surface area (Å²) in [5.41, 5.74) is 0. The molecule has 58 heavy (non-hydrogen) atoms. The number of hydrogen-bond acceptors (Lipinski definition) is 0. The fourth-order valence-corrected chi connectivity index (χ4v) is 27.4. The van der Waals surface area contributed by atoms with Gasteiger partial charge in [-0.3, -0.25) is 0 Å². The first-order valence-corrected chi connectivity index (χ1v) is 27.4. The third kappa shape index (κ3) is 11.3. The minimum atomic E-state index is -0.837. The summed E-state index contributed by atoms with van der Waals surface area (Å²) in [6.07, 6.45) is 0. The van der Waals surface area contributed by atoms with Gasteiger partial charge in [0, 0.05) is 0 Å². The van der Waals surface area contributed by atoms with Gasteiger partial charge in [0.2, 0.25) is 0 Å². The molecule has 0 bridgehead atoms. The molecule has 296 valence electrons. The van der Waals surface area contributed by atoms with E-state index in [2.05, 4.69) is 270 Å². The third-order valence-electron chi connectivity index (χ3n) is 9.25. The maximum atomic E-state index is 4.49. The summed E-state index contributed by atoms with van der Waals surface area (Å²) in [6, 6.07) is 91.4. The van der Waals surface area contributed by atoms with Crippen LogP contribution in [0.25, 0.3) is 0 Å². The van der Waals surface area contributed by atoms with E-state index in [1.54, 1.807) is 0 Å². The number of halogens is 2. The van der Waals surface area contributed by atoms with Gasteiger partial charge in [0.05, 0.1) is 0 Å². The standard InChI is InChI=1S/2C25H21P2.2ClH.Ni.Pd/c2*1-5-13-22(14-6-1)26(23-15-7-2-8-16-23)21-27(24-17-9-3-10-18-24)25-19-11-4-12-20-25;;;;/h2*1-21H;2*1H;;/q;;;;;+2/p-2. The first-order valence-electron chi connectivity index (χ1n) is 18.6. The van der Waals surface area contributed by atoms with Gasteiger partial charge in [-0.1, -0.05) is 0 Å². The van der Waals surface area contributed by atoms with Crippen molar-refractivity contribution in [2.75, 3.05) is 0 Å². The zero-order valence-corrected chi connectivity index (χ0v) is 39.1. The van der Waals surface area contributed by atoms with Crippen molar-refractivity contribution in [2.45, 2.75) is 8.74 Å². The van der Waals surface area contributed by atoms with E-state index >= 15 is 0 Å². The molecule has 0 unspecified atom stereocenters. The second-order valence-corrected chi connectivity index (χ2v) is 25.8. The van der Waals surface area contributed by atoms with Crippen LogP contribution in [-0.4, -0.2) is 8.74 Å². The molecule has 8 heteroatoms. The minimum absolute atomic E-state index is 0. The molecule has 0 fully saturated rings. The second kappa shape index (κ2) is 23.9. The van der Waals surface area contributed by atoms with Crippen LogP contribution in [0.2, 0.25) is 0 Å². The summed E-state index contributed by atoms with van der Waals surface area (Å²) in [5, 5.41) is 11.4. The van der Waals surface area contributed by atoms with Gasteiger partial charge in [0.25, 0.3) is 0 Å². The van der Waals surface area contributed by atoms with Crippen LogP contribution >= 0.6 is 41.2 Å². The Kier molecular flexibility index (Phi) is 18.4. The van der Waals surface area contributed by atoms with Gasteiger partial charge < -0.3 is 12.4 Å². The Morgan fingerprint density at radius 3 is 0.500 bits per heavy atom. The second-order valence-electron chi connectivity index (χ2n) is 12.8. The zero-order valence-electron chi connectivity index (χ0n) is 31.4. The van der Waals surface area contributed by atoms with Crippen LogP contribution in [-0.2, 0) is 32.6 Å². The molecule has 0 aliphatic rings. The van der Waals surface area contributed by atoms with Crippen molar-refractivity contribution in [2.24, 2.45) is 0 Å². The molecule has 0 radical (unpaired) electrons. The van der Waals surface area contributed by atoms with Crippen LogP contribution in [0, 0.1) is 0 Å². The average Bonchev–Trinajstić information content (AvgIpc) is 3.30. The molecule has 8 aromatic carbocycles. The van der Waals surface area contributed by atoms with Crippen molar-refractivity contribution in [1.29, 1.82) is 0 Å². The van der Waals surface area contributed by atoms with Crippen molar-refractivity contribution in [1.82, 2.24) is 0 Å². The van der Waals surface area contributed by atoms with Gasteiger partial charge in [-0.05, 0) is 0 Å². The molecule has 0 aliphatic carbocycles. The molecule has 0 nitrogen and oxygen atoms in total. The molecule has 0 heterocycles. The quantitative estimate of drug-likeness (QED) is 0.0770. The van der Waals surface area contributed by atoms with Gasteiger partial charge in [0.1, 0.15) is 0 Å². The predicted octanol–water partition coefficient (Wildman–Crippen LogP) is 7.86. The number of benzene rings is 8. The Labute approximate surface area is 376 Å². The topological polar surface area (TPSA) is 0 Å². The van der Waals surface area contributed by atoms with E-state index in [1.807, 2.05) is 14.4 Å². The SMILES string of the molecule is [Cl-].[Cl][Pd+].c1ccc(P(c2ccccc2)[CH]([Ni][CH](P(c2ccccc2)c2ccccc2)P(c2ccccc2)c2ccccc2)P(c2ccccc2)c2ccccc2)cc1. The van der Waals surface area contributed by atoms with Crippen molar-refractivity contribution >= 4 is 83.7 Å². The Morgan fingerprint density at radius 1 is 0.259 bits per heavy atom. The van der Waals surface area contributed by atoms with E-state index in [9.17, 15) is 0 Å². The molecule has 0 saturated heterocycles. The normalized spacial score (nSPS) is 11.2. The molecule has 0 saturated carbocycles. The van der Waals surface area contributed by atoms with E-state index in [4.69, 9.17) is 0 Å². The molecule has 0 aliphatic heterocycles. The van der Waals surface area contributed by atoms with E-state index in [0.717, 1.165) is 0 Å². The van der Waals surface area contributed by atoms with Crippen LogP contribution in [0.5, 0.6) is 0 Å². The van der Waals surface area contributed by atoms with E-state index in [1.165, 1.54) is 42.4 Å². The third-order valence-corrected chi connectivity index (χ3v) is 25.6. The van der Waals surface area contributed by atoms with Crippen LogP contribution in [0.4, 0.5) is 0 Å². The summed E-state index contributed by atoms with van der Waals surface area (Å²) >= 11 is 4.21. The number of hydrogen-bond donors (Lipinski definition) is 0. The van der Waals surface area contributed by atoms with Crippen LogP contribution in [0.1, 0.15) is 0 Å². The van der Waals surface area contributed by atoms with E-state index < -0.39 is 31.7 Å². The molecule has 0 N–H and O–H groups in total. The average molecular weight is 1000 g/mol. The summed E-state index contributed by atoms with van der Waals surface area (Å²) in [5.74, 6) is 0. The monoisotopic (exact) mass is 1000 g/mol. The van der Waals surface area contributed by atoms with Gasteiger partial charge in [-0.2, -0.15) is 0 Å². The Morgan fingerprint density at radius 2 is 0.379 bits per heavy atom. The summed E-state index contributed by atoms with van der Waals surface area (Å²) < 4.78 is 0.541. The van der Waals surface area contributed by atoms with Crippen molar-refractivity contribution in [3.05, 3.63) is 243 Å². The maximum absolute atomic E-state index is 4.49. The van der Waals surface area contributed by atoms with Crippen molar-refractivity contribution in [3.63, 3.8) is 0 Å². The summed E-state index contributed by atoms with van der Waals surface area (Å²) in [7, 11) is 1.14. The van der Waals surface area contributed by atoms with Gasteiger partial charge in [0.15, 0.2) is 0 Å². The predicted molar refractivity (Wildman–Crippen MR) is 250 cm³/mol. The summed E-state index contributed by atoms with van der Waals surface area (Å²) in [6.45, 7) is 0. The first kappa shape index (κ1) is 44.8. The van der Waals surface area contributed by atoms with Crippen LogP contribution < -0.4 is 54.8 Å². The van der Waals surface area contributed by atoms with Crippen molar-refractivity contribution in [3.8, 4) is 0 Å². The molecule has 8 aromatic rings. The Bertz CT molecular complexity index is 1830. The fraction of sp³-hybridized carbons (Fsp3) is 0.0400. The van der Waals surface area contributed by atoms with E-state index in [-0.39, 0.29) is 21.1 Å². The van der Waals surface area contributed by atoms with Crippen molar-refractivity contribution < 1.29 is 45.0 Å². The molecule has 0 atom stereocenters.